The van der Waals surface area contributed by atoms with Crippen LogP contribution in [-0.4, -0.2) is 5.11 Å². The van der Waals surface area contributed by atoms with Gasteiger partial charge in [0.15, 0.2) is 0 Å². The molecule has 2 aromatic carbocycles. The van der Waals surface area contributed by atoms with Crippen LogP contribution < -0.4 is 0 Å². The number of halogens is 1. The Kier molecular flexibility index (Phi) is 3.28. The second-order valence-electron chi connectivity index (χ2n) is 3.78. The number of benzene rings is 2. The van der Waals surface area contributed by atoms with Gasteiger partial charge < -0.3 is 5.11 Å². The molecule has 0 aliphatic rings. The first kappa shape index (κ1) is 11.2. The lowest BCUT2D eigenvalue weighted by Gasteiger charge is -2.08. The molecule has 0 saturated carbocycles. The summed E-state index contributed by atoms with van der Waals surface area (Å²) in [4.78, 5) is 0. The van der Waals surface area contributed by atoms with Crippen molar-refractivity contribution in [1.29, 1.82) is 0 Å². The minimum atomic E-state index is 0.0596. The van der Waals surface area contributed by atoms with Crippen LogP contribution in [0.15, 0.2) is 42.5 Å². The number of rotatable bonds is 2. The number of aliphatic hydroxyl groups excluding tert-OH is 1. The Morgan fingerprint density at radius 1 is 1.12 bits per heavy atom. The number of aliphatic hydroxyl groups is 1. The molecule has 1 N–H and O–H groups in total. The van der Waals surface area contributed by atoms with Crippen LogP contribution in [0.3, 0.4) is 0 Å². The van der Waals surface area contributed by atoms with Gasteiger partial charge in [0.25, 0.3) is 0 Å². The van der Waals surface area contributed by atoms with Gasteiger partial charge in [-0.25, -0.2) is 0 Å². The maximum Gasteiger partial charge on any atom is 0.0684 e. The zero-order valence-corrected chi connectivity index (χ0v) is 9.83. The van der Waals surface area contributed by atoms with Crippen LogP contribution in [0.4, 0.5) is 0 Å². The summed E-state index contributed by atoms with van der Waals surface area (Å²) in [5.74, 6) is 0. The van der Waals surface area contributed by atoms with Gasteiger partial charge in [-0.3, -0.25) is 0 Å². The quantitative estimate of drug-likeness (QED) is 0.835. The predicted molar refractivity (Wildman–Crippen MR) is 67.5 cm³/mol. The van der Waals surface area contributed by atoms with Crippen molar-refractivity contribution in [1.82, 2.24) is 0 Å². The van der Waals surface area contributed by atoms with E-state index in [2.05, 4.69) is 0 Å². The van der Waals surface area contributed by atoms with E-state index >= 15 is 0 Å². The van der Waals surface area contributed by atoms with Crippen molar-refractivity contribution in [2.75, 3.05) is 0 Å². The molecule has 0 aliphatic heterocycles. The van der Waals surface area contributed by atoms with Gasteiger partial charge >= 0.3 is 0 Å². The van der Waals surface area contributed by atoms with Gasteiger partial charge in [-0.15, -0.1) is 0 Å². The predicted octanol–water partition coefficient (Wildman–Crippen LogP) is 3.81. The molecule has 2 rings (SSSR count). The van der Waals surface area contributed by atoms with E-state index in [-0.39, 0.29) is 6.61 Å². The minimum Gasteiger partial charge on any atom is -0.392 e. The second-order valence-corrected chi connectivity index (χ2v) is 4.19. The molecule has 16 heavy (non-hydrogen) atoms. The Morgan fingerprint density at radius 3 is 2.56 bits per heavy atom. The van der Waals surface area contributed by atoms with E-state index < -0.39 is 0 Å². The zero-order chi connectivity index (χ0) is 11.5. The highest BCUT2D eigenvalue weighted by Crippen LogP contribution is 2.28. The van der Waals surface area contributed by atoms with Gasteiger partial charge in [0.1, 0.15) is 0 Å². The van der Waals surface area contributed by atoms with E-state index in [4.69, 9.17) is 11.6 Å². The average molecular weight is 233 g/mol. The molecule has 2 aromatic rings. The lowest BCUT2D eigenvalue weighted by atomic mass is 10.00. The average Bonchev–Trinajstić information content (AvgIpc) is 2.31. The van der Waals surface area contributed by atoms with Crippen molar-refractivity contribution in [3.05, 3.63) is 58.6 Å². The first-order valence-electron chi connectivity index (χ1n) is 5.17. The number of aryl methyl sites for hydroxylation is 1. The maximum absolute atomic E-state index is 9.23. The molecule has 0 atom stereocenters. The second kappa shape index (κ2) is 4.69. The van der Waals surface area contributed by atoms with Gasteiger partial charge in [0, 0.05) is 10.6 Å². The van der Waals surface area contributed by atoms with Crippen LogP contribution in [0.25, 0.3) is 11.1 Å². The Morgan fingerprint density at radius 2 is 1.88 bits per heavy atom. The largest absolute Gasteiger partial charge is 0.392 e. The SMILES string of the molecule is Cc1ccc(-c2ccccc2Cl)cc1CO. The lowest BCUT2D eigenvalue weighted by molar-refractivity contribution is 0.281. The fourth-order valence-corrected chi connectivity index (χ4v) is 1.95. The third-order valence-electron chi connectivity index (χ3n) is 2.70. The Labute approximate surface area is 100 Å². The molecule has 0 unspecified atom stereocenters. The highest BCUT2D eigenvalue weighted by molar-refractivity contribution is 6.33. The summed E-state index contributed by atoms with van der Waals surface area (Å²) in [6, 6.07) is 13.7. The molecular weight excluding hydrogens is 220 g/mol. The van der Waals surface area contributed by atoms with Gasteiger partial charge in [-0.1, -0.05) is 41.9 Å². The van der Waals surface area contributed by atoms with E-state index in [0.717, 1.165) is 27.3 Å². The maximum atomic E-state index is 9.23. The number of hydrogen-bond acceptors (Lipinski definition) is 1. The molecule has 0 aliphatic carbocycles. The summed E-state index contributed by atoms with van der Waals surface area (Å²) < 4.78 is 0. The molecule has 0 radical (unpaired) electrons. The molecule has 0 spiro atoms. The summed E-state index contributed by atoms with van der Waals surface area (Å²) in [5.41, 5.74) is 4.08. The van der Waals surface area contributed by atoms with Gasteiger partial charge in [-0.2, -0.15) is 0 Å². The molecule has 0 heterocycles. The normalized spacial score (nSPS) is 10.4. The van der Waals surface area contributed by atoms with Gasteiger partial charge in [0.2, 0.25) is 0 Å². The Hall–Kier alpha value is -1.31. The fraction of sp³-hybridized carbons (Fsp3) is 0.143. The van der Waals surface area contributed by atoms with Crippen molar-refractivity contribution >= 4 is 11.6 Å². The third-order valence-corrected chi connectivity index (χ3v) is 3.03. The standard InChI is InChI=1S/C14H13ClO/c1-10-6-7-11(8-12(10)9-16)13-4-2-3-5-14(13)15/h2-8,16H,9H2,1H3. The minimum absolute atomic E-state index is 0.0596. The van der Waals surface area contributed by atoms with Crippen LogP contribution >= 0.6 is 11.6 Å². The molecule has 0 saturated heterocycles. The molecular formula is C14H13ClO. The number of hydrogen-bond donors (Lipinski definition) is 1. The molecule has 1 nitrogen and oxygen atoms in total. The first-order valence-corrected chi connectivity index (χ1v) is 5.55. The van der Waals surface area contributed by atoms with Crippen LogP contribution in [0.5, 0.6) is 0 Å². The van der Waals surface area contributed by atoms with Crippen LogP contribution in [0.1, 0.15) is 11.1 Å². The molecule has 82 valence electrons. The summed E-state index contributed by atoms with van der Waals surface area (Å²) in [6.07, 6.45) is 0. The molecule has 0 fully saturated rings. The summed E-state index contributed by atoms with van der Waals surface area (Å²) in [6.45, 7) is 2.05. The zero-order valence-electron chi connectivity index (χ0n) is 9.07. The van der Waals surface area contributed by atoms with Crippen LogP contribution in [0.2, 0.25) is 5.02 Å². The molecule has 0 amide bonds. The Balaban J connectivity index is 2.53. The van der Waals surface area contributed by atoms with Crippen molar-refractivity contribution in [3.63, 3.8) is 0 Å². The molecule has 0 aromatic heterocycles. The van der Waals surface area contributed by atoms with Crippen molar-refractivity contribution in [2.45, 2.75) is 13.5 Å². The molecule has 0 bridgehead atoms. The van der Waals surface area contributed by atoms with E-state index in [0.29, 0.717) is 0 Å². The first-order chi connectivity index (χ1) is 7.72. The van der Waals surface area contributed by atoms with Gasteiger partial charge in [0.05, 0.1) is 6.61 Å². The third kappa shape index (κ3) is 2.11. The summed E-state index contributed by atoms with van der Waals surface area (Å²) >= 11 is 6.13. The monoisotopic (exact) mass is 232 g/mol. The van der Waals surface area contributed by atoms with E-state index in [1.807, 2.05) is 49.4 Å². The Bertz CT molecular complexity index is 506. The van der Waals surface area contributed by atoms with Gasteiger partial charge in [-0.05, 0) is 35.7 Å². The van der Waals surface area contributed by atoms with E-state index in [1.54, 1.807) is 0 Å². The summed E-state index contributed by atoms with van der Waals surface area (Å²) in [7, 11) is 0. The fourth-order valence-electron chi connectivity index (χ4n) is 1.70. The highest BCUT2D eigenvalue weighted by atomic mass is 35.5. The highest BCUT2D eigenvalue weighted by Gasteiger charge is 2.04. The van der Waals surface area contributed by atoms with Crippen LogP contribution in [0, 0.1) is 6.92 Å². The van der Waals surface area contributed by atoms with E-state index in [1.165, 1.54) is 0 Å². The lowest BCUT2D eigenvalue weighted by Crippen LogP contribution is -1.89. The van der Waals surface area contributed by atoms with Crippen molar-refractivity contribution in [3.8, 4) is 11.1 Å². The van der Waals surface area contributed by atoms with Crippen LogP contribution in [-0.2, 0) is 6.61 Å². The van der Waals surface area contributed by atoms with Crippen molar-refractivity contribution < 1.29 is 5.11 Å². The smallest absolute Gasteiger partial charge is 0.0684 e. The van der Waals surface area contributed by atoms with Crippen molar-refractivity contribution in [2.24, 2.45) is 0 Å². The van der Waals surface area contributed by atoms with E-state index in [9.17, 15) is 5.11 Å². The topological polar surface area (TPSA) is 20.2 Å². The molecule has 2 heteroatoms. The summed E-state index contributed by atoms with van der Waals surface area (Å²) in [5, 5.41) is 9.96.